The first-order chi connectivity index (χ1) is 9.10. The molecule has 0 aliphatic rings. The number of benzene rings is 1. The van der Waals surface area contributed by atoms with Crippen LogP contribution in [-0.2, 0) is 13.1 Å². The summed E-state index contributed by atoms with van der Waals surface area (Å²) in [6.07, 6.45) is 1.65. The number of rotatable bonds is 4. The van der Waals surface area contributed by atoms with Gasteiger partial charge >= 0.3 is 0 Å². The van der Waals surface area contributed by atoms with E-state index >= 15 is 0 Å². The van der Waals surface area contributed by atoms with Gasteiger partial charge in [-0.25, -0.2) is 4.98 Å². The average molecular weight is 341 g/mol. The number of nitrogens with zero attached hydrogens (tertiary/aromatic N) is 2. The van der Waals surface area contributed by atoms with Gasteiger partial charge in [-0.1, -0.05) is 35.9 Å². The van der Waals surface area contributed by atoms with Gasteiger partial charge in [-0.15, -0.1) is 0 Å². The highest BCUT2D eigenvalue weighted by molar-refractivity contribution is 9.10. The third-order valence-corrected chi connectivity index (χ3v) is 3.59. The number of anilines is 1. The molecule has 5 heteroatoms. The van der Waals surface area contributed by atoms with Crippen molar-refractivity contribution in [2.75, 3.05) is 11.9 Å². The van der Waals surface area contributed by atoms with Crippen LogP contribution in [0.4, 0.5) is 5.82 Å². The summed E-state index contributed by atoms with van der Waals surface area (Å²) in [5.41, 5.74) is 7.99. The minimum absolute atomic E-state index is 0.556. The minimum atomic E-state index is 0.556. The van der Waals surface area contributed by atoms with Crippen molar-refractivity contribution in [2.45, 2.75) is 13.1 Å². The van der Waals surface area contributed by atoms with E-state index in [-0.39, 0.29) is 0 Å². The van der Waals surface area contributed by atoms with Gasteiger partial charge in [-0.2, -0.15) is 0 Å². The van der Waals surface area contributed by atoms with E-state index in [1.54, 1.807) is 6.20 Å². The summed E-state index contributed by atoms with van der Waals surface area (Å²) in [6, 6.07) is 10.1. The maximum absolute atomic E-state index is 5.90. The molecule has 0 fully saturated rings. The molecule has 1 heterocycles. The second-order valence-electron chi connectivity index (χ2n) is 4.34. The summed E-state index contributed by atoms with van der Waals surface area (Å²) in [6.45, 7) is 1.32. The van der Waals surface area contributed by atoms with Gasteiger partial charge in [0.2, 0.25) is 0 Å². The number of hydrogen-bond acceptors (Lipinski definition) is 3. The molecule has 2 rings (SSSR count). The first-order valence-corrected chi connectivity index (χ1v) is 7.07. The van der Waals surface area contributed by atoms with Gasteiger partial charge in [0.1, 0.15) is 5.82 Å². The van der Waals surface area contributed by atoms with Crippen molar-refractivity contribution in [3.63, 3.8) is 0 Å². The number of aromatic nitrogens is 1. The number of hydrogen-bond donors (Lipinski definition) is 1. The topological polar surface area (TPSA) is 42.1 Å². The molecule has 0 spiro atoms. The van der Waals surface area contributed by atoms with Crippen molar-refractivity contribution in [3.8, 4) is 0 Å². The minimum Gasteiger partial charge on any atom is -0.354 e. The number of halogens is 2. The third-order valence-electron chi connectivity index (χ3n) is 2.80. The zero-order chi connectivity index (χ0) is 13.8. The Morgan fingerprint density at radius 2 is 2.05 bits per heavy atom. The van der Waals surface area contributed by atoms with Gasteiger partial charge in [0, 0.05) is 26.3 Å². The van der Waals surface area contributed by atoms with E-state index in [1.807, 2.05) is 25.2 Å². The summed E-state index contributed by atoms with van der Waals surface area (Å²) in [7, 11) is 2.00. The molecule has 2 N–H and O–H groups in total. The molecule has 0 aliphatic carbocycles. The van der Waals surface area contributed by atoms with E-state index in [4.69, 9.17) is 17.3 Å². The Kier molecular flexibility index (Phi) is 4.80. The van der Waals surface area contributed by atoms with Gasteiger partial charge in [-0.3, -0.25) is 0 Å². The van der Waals surface area contributed by atoms with Gasteiger partial charge in [0.15, 0.2) is 0 Å². The van der Waals surface area contributed by atoms with Crippen LogP contribution < -0.4 is 10.6 Å². The molecule has 0 saturated heterocycles. The van der Waals surface area contributed by atoms with E-state index < -0.39 is 0 Å². The van der Waals surface area contributed by atoms with Crippen LogP contribution in [-0.4, -0.2) is 12.0 Å². The lowest BCUT2D eigenvalue weighted by Gasteiger charge is -2.20. The van der Waals surface area contributed by atoms with Crippen molar-refractivity contribution < 1.29 is 0 Å². The summed E-state index contributed by atoms with van der Waals surface area (Å²) in [5, 5.41) is 0.620. The quantitative estimate of drug-likeness (QED) is 0.925. The summed E-state index contributed by atoms with van der Waals surface area (Å²) >= 11 is 9.38. The van der Waals surface area contributed by atoms with Crippen LogP contribution in [0, 0.1) is 0 Å². The molecular formula is C14H15BrClN3. The molecule has 3 nitrogen and oxygen atoms in total. The van der Waals surface area contributed by atoms with Gasteiger partial charge in [0.25, 0.3) is 0 Å². The summed E-state index contributed by atoms with van der Waals surface area (Å²) in [5.74, 6) is 0.863. The van der Waals surface area contributed by atoms with Crippen LogP contribution in [0.3, 0.4) is 0 Å². The molecule has 19 heavy (non-hydrogen) atoms. The predicted molar refractivity (Wildman–Crippen MR) is 83.4 cm³/mol. The molecular weight excluding hydrogens is 326 g/mol. The van der Waals surface area contributed by atoms with Crippen molar-refractivity contribution in [2.24, 2.45) is 5.73 Å². The molecule has 1 aromatic heterocycles. The smallest absolute Gasteiger partial charge is 0.143 e. The van der Waals surface area contributed by atoms with Crippen molar-refractivity contribution in [1.29, 1.82) is 0 Å². The Bertz CT molecular complexity index is 574. The van der Waals surface area contributed by atoms with Crippen LogP contribution in [0.25, 0.3) is 0 Å². The lowest BCUT2D eigenvalue weighted by Crippen LogP contribution is -2.18. The first-order valence-electron chi connectivity index (χ1n) is 5.90. The summed E-state index contributed by atoms with van der Waals surface area (Å²) < 4.78 is 0.887. The Balaban J connectivity index is 2.17. The molecule has 1 aromatic carbocycles. The SMILES string of the molecule is CN(Cc1cccc(CN)c1)c1ncc(Cl)cc1Br. The molecule has 0 atom stereocenters. The Labute approximate surface area is 126 Å². The highest BCUT2D eigenvalue weighted by Crippen LogP contribution is 2.26. The van der Waals surface area contributed by atoms with Crippen LogP contribution in [0.2, 0.25) is 5.02 Å². The first kappa shape index (κ1) is 14.3. The molecule has 100 valence electrons. The lowest BCUT2D eigenvalue weighted by atomic mass is 10.1. The van der Waals surface area contributed by atoms with E-state index in [9.17, 15) is 0 Å². The van der Waals surface area contributed by atoms with E-state index in [1.165, 1.54) is 5.56 Å². The third kappa shape index (κ3) is 3.69. The second-order valence-corrected chi connectivity index (χ2v) is 5.63. The molecule has 0 bridgehead atoms. The van der Waals surface area contributed by atoms with E-state index in [0.717, 1.165) is 22.4 Å². The fourth-order valence-electron chi connectivity index (χ4n) is 1.89. The van der Waals surface area contributed by atoms with Crippen LogP contribution >= 0.6 is 27.5 Å². The monoisotopic (exact) mass is 339 g/mol. The van der Waals surface area contributed by atoms with Gasteiger partial charge < -0.3 is 10.6 Å². The summed E-state index contributed by atoms with van der Waals surface area (Å²) in [4.78, 5) is 6.40. The molecule has 2 aromatic rings. The standard InChI is InChI=1S/C14H15BrClN3/c1-19(14-13(15)6-12(16)8-18-14)9-11-4-2-3-10(5-11)7-17/h2-6,8H,7,9,17H2,1H3. The van der Waals surface area contributed by atoms with Gasteiger partial charge in [0.05, 0.1) is 9.50 Å². The zero-order valence-corrected chi connectivity index (χ0v) is 12.9. The normalized spacial score (nSPS) is 10.5. The maximum atomic E-state index is 5.90. The van der Waals surface area contributed by atoms with E-state index in [2.05, 4.69) is 37.9 Å². The van der Waals surface area contributed by atoms with E-state index in [0.29, 0.717) is 11.6 Å². The van der Waals surface area contributed by atoms with Crippen LogP contribution in [0.1, 0.15) is 11.1 Å². The molecule has 0 amide bonds. The predicted octanol–water partition coefficient (Wildman–Crippen LogP) is 3.59. The highest BCUT2D eigenvalue weighted by atomic mass is 79.9. The molecule has 0 unspecified atom stereocenters. The Morgan fingerprint density at radius 3 is 2.74 bits per heavy atom. The van der Waals surface area contributed by atoms with Crippen molar-refractivity contribution in [3.05, 3.63) is 57.2 Å². The fourth-order valence-corrected chi connectivity index (χ4v) is 2.83. The maximum Gasteiger partial charge on any atom is 0.143 e. The van der Waals surface area contributed by atoms with Crippen molar-refractivity contribution >= 4 is 33.3 Å². The molecule has 0 radical (unpaired) electrons. The van der Waals surface area contributed by atoms with Gasteiger partial charge in [-0.05, 0) is 33.1 Å². The average Bonchev–Trinajstić information content (AvgIpc) is 2.38. The zero-order valence-electron chi connectivity index (χ0n) is 10.6. The number of pyridine rings is 1. The Morgan fingerprint density at radius 1 is 1.32 bits per heavy atom. The number of nitrogens with two attached hydrogens (primary N) is 1. The van der Waals surface area contributed by atoms with Crippen molar-refractivity contribution in [1.82, 2.24) is 4.98 Å². The lowest BCUT2D eigenvalue weighted by molar-refractivity contribution is 0.890. The van der Waals surface area contributed by atoms with Crippen LogP contribution in [0.5, 0.6) is 0 Å². The second kappa shape index (κ2) is 6.37. The molecule has 0 aliphatic heterocycles. The molecule has 0 saturated carbocycles. The van der Waals surface area contributed by atoms with Crippen LogP contribution in [0.15, 0.2) is 41.0 Å². The Hall–Kier alpha value is -1.10. The largest absolute Gasteiger partial charge is 0.354 e. The fraction of sp³-hybridized carbons (Fsp3) is 0.214. The highest BCUT2D eigenvalue weighted by Gasteiger charge is 2.08.